The van der Waals surface area contributed by atoms with Crippen LogP contribution < -0.4 is 14.8 Å². The fourth-order valence-electron chi connectivity index (χ4n) is 5.15. The summed E-state index contributed by atoms with van der Waals surface area (Å²) in [5.41, 5.74) is 1.35. The highest BCUT2D eigenvalue weighted by atomic mass is 32.2. The van der Waals surface area contributed by atoms with Crippen LogP contribution in [0, 0.1) is 0 Å². The smallest absolute Gasteiger partial charge is 0.416 e. The number of fused-ring (bicyclic) bond motifs is 1. The maximum atomic E-state index is 13.3. The zero-order valence-corrected chi connectivity index (χ0v) is 23.6. The molecule has 5 rings (SSSR count). The maximum absolute atomic E-state index is 13.3. The van der Waals surface area contributed by atoms with Crippen LogP contribution in [0.15, 0.2) is 77.7 Å². The van der Waals surface area contributed by atoms with Crippen molar-refractivity contribution in [3.8, 4) is 5.75 Å². The Labute approximate surface area is 242 Å². The van der Waals surface area contributed by atoms with Crippen LogP contribution in [0.2, 0.25) is 0 Å². The Hall–Kier alpha value is -3.45. The normalized spacial score (nSPS) is 18.5. The Balaban J connectivity index is 1.30. The molecule has 1 amide bonds. The fourth-order valence-corrected chi connectivity index (χ4v) is 6.42. The minimum Gasteiger partial charge on any atom is -0.493 e. The third-order valence-electron chi connectivity index (χ3n) is 7.32. The van der Waals surface area contributed by atoms with Crippen LogP contribution in [-0.2, 0) is 32.3 Å². The number of hydrogen-bond donors (Lipinski definition) is 2. The van der Waals surface area contributed by atoms with Crippen molar-refractivity contribution in [2.24, 2.45) is 0 Å². The average molecular weight is 604 g/mol. The topological polar surface area (TPSA) is 97.0 Å². The number of sulfonamides is 1. The Morgan fingerprint density at radius 2 is 1.74 bits per heavy atom. The highest BCUT2D eigenvalue weighted by Crippen LogP contribution is 2.34. The number of carbonyl (C=O) groups excluding carboxylic acids is 1. The van der Waals surface area contributed by atoms with Crippen molar-refractivity contribution in [2.75, 3.05) is 32.9 Å². The molecule has 224 valence electrons. The lowest BCUT2D eigenvalue weighted by Crippen LogP contribution is -2.37. The van der Waals surface area contributed by atoms with Crippen molar-refractivity contribution in [1.29, 1.82) is 0 Å². The number of morpholine rings is 1. The number of amides is 1. The van der Waals surface area contributed by atoms with Gasteiger partial charge in [0.1, 0.15) is 5.75 Å². The molecule has 0 bridgehead atoms. The molecule has 0 aromatic heterocycles. The molecule has 0 radical (unpaired) electrons. The van der Waals surface area contributed by atoms with Crippen LogP contribution in [-0.4, -0.2) is 52.1 Å². The van der Waals surface area contributed by atoms with Crippen molar-refractivity contribution >= 4 is 15.9 Å². The average Bonchev–Trinajstić information content (AvgIpc) is 2.97. The number of rotatable bonds is 9. The molecule has 12 heteroatoms. The Morgan fingerprint density at radius 1 is 0.976 bits per heavy atom. The third-order valence-corrected chi connectivity index (χ3v) is 8.79. The van der Waals surface area contributed by atoms with Gasteiger partial charge < -0.3 is 14.8 Å². The second-order valence-corrected chi connectivity index (χ2v) is 12.0. The van der Waals surface area contributed by atoms with Gasteiger partial charge in [-0.2, -0.15) is 13.2 Å². The first-order valence-electron chi connectivity index (χ1n) is 13.7. The molecular weight excluding hydrogens is 571 g/mol. The largest absolute Gasteiger partial charge is 0.493 e. The number of ether oxygens (including phenoxy) is 2. The lowest BCUT2D eigenvalue weighted by Gasteiger charge is -2.29. The van der Waals surface area contributed by atoms with Crippen molar-refractivity contribution < 1.29 is 35.9 Å². The Morgan fingerprint density at radius 3 is 2.48 bits per heavy atom. The molecule has 2 N–H and O–H groups in total. The molecule has 1 unspecified atom stereocenters. The summed E-state index contributed by atoms with van der Waals surface area (Å²) in [7, 11) is -4.40. The number of hydrogen-bond acceptors (Lipinski definition) is 6. The minimum absolute atomic E-state index is 0.260. The highest BCUT2D eigenvalue weighted by molar-refractivity contribution is 7.89. The summed E-state index contributed by atoms with van der Waals surface area (Å²) in [6, 6.07) is 16.6. The van der Waals surface area contributed by atoms with Crippen molar-refractivity contribution in [2.45, 2.75) is 42.5 Å². The second-order valence-electron chi connectivity index (χ2n) is 10.3. The van der Waals surface area contributed by atoms with E-state index in [1.165, 1.54) is 0 Å². The first kappa shape index (κ1) is 30.0. The Bertz CT molecular complexity index is 1500. The van der Waals surface area contributed by atoms with Crippen LogP contribution in [0.1, 0.15) is 47.2 Å². The van der Waals surface area contributed by atoms with Gasteiger partial charge in [0.2, 0.25) is 15.9 Å². The molecule has 2 aliphatic rings. The molecule has 2 heterocycles. The van der Waals surface area contributed by atoms with Crippen LogP contribution in [0.4, 0.5) is 13.2 Å². The number of carbonyl (C=O) groups is 1. The maximum Gasteiger partial charge on any atom is 0.416 e. The van der Waals surface area contributed by atoms with Crippen LogP contribution in [0.25, 0.3) is 0 Å². The number of benzene rings is 3. The number of nitrogens with zero attached hydrogens (tertiary/aromatic N) is 1. The minimum atomic E-state index is -4.70. The molecule has 0 saturated carbocycles. The van der Waals surface area contributed by atoms with Gasteiger partial charge in [0.05, 0.1) is 42.4 Å². The van der Waals surface area contributed by atoms with Gasteiger partial charge in [-0.25, -0.2) is 13.1 Å². The fraction of sp³-hybridized carbons (Fsp3) is 0.367. The molecule has 1 saturated heterocycles. The van der Waals surface area contributed by atoms with Gasteiger partial charge in [-0.05, 0) is 35.4 Å². The molecule has 2 aliphatic heterocycles. The van der Waals surface area contributed by atoms with Gasteiger partial charge in [0.25, 0.3) is 0 Å². The highest BCUT2D eigenvalue weighted by Gasteiger charge is 2.33. The third kappa shape index (κ3) is 7.49. The van der Waals surface area contributed by atoms with E-state index in [1.807, 2.05) is 18.2 Å². The zero-order chi connectivity index (χ0) is 29.7. The first-order valence-corrected chi connectivity index (χ1v) is 15.2. The molecule has 2 atom stereocenters. The van der Waals surface area contributed by atoms with Gasteiger partial charge in [-0.3, -0.25) is 9.69 Å². The van der Waals surface area contributed by atoms with E-state index in [0.717, 1.165) is 49.0 Å². The van der Waals surface area contributed by atoms with Crippen LogP contribution in [0.5, 0.6) is 5.75 Å². The molecule has 42 heavy (non-hydrogen) atoms. The molecule has 0 spiro atoms. The molecular formula is C30H32F3N3O5S. The van der Waals surface area contributed by atoms with Crippen LogP contribution >= 0.6 is 0 Å². The molecule has 0 aliphatic carbocycles. The standard InChI is InChI=1S/C30H32F3N3O5S/c31-30(32,33)23-7-4-8-24(18-23)42(38,39)35-27(22-5-2-1-3-6-22)19-29(37)34-26-11-14-41-28-17-21(9-10-25(26)28)20-36-12-15-40-16-13-36/h1-10,17-18,26-27,35H,11-16,19-20H2,(H,34,37)/t26-,27?/m1/s1. The van der Waals surface area contributed by atoms with E-state index in [1.54, 1.807) is 30.3 Å². The molecule has 8 nitrogen and oxygen atoms in total. The van der Waals surface area contributed by atoms with E-state index in [4.69, 9.17) is 9.47 Å². The number of alkyl halides is 3. The molecule has 3 aromatic carbocycles. The summed E-state index contributed by atoms with van der Waals surface area (Å²) in [6.45, 7) is 4.30. The van der Waals surface area contributed by atoms with E-state index in [0.29, 0.717) is 43.6 Å². The quantitative estimate of drug-likeness (QED) is 0.372. The van der Waals surface area contributed by atoms with E-state index in [2.05, 4.69) is 14.9 Å². The molecule has 3 aromatic rings. The lowest BCUT2D eigenvalue weighted by atomic mass is 9.97. The summed E-state index contributed by atoms with van der Waals surface area (Å²) in [5.74, 6) is 0.285. The summed E-state index contributed by atoms with van der Waals surface area (Å²) >= 11 is 0. The number of halogens is 3. The number of nitrogens with one attached hydrogen (secondary N) is 2. The van der Waals surface area contributed by atoms with E-state index >= 15 is 0 Å². The van der Waals surface area contributed by atoms with Gasteiger partial charge >= 0.3 is 6.18 Å². The van der Waals surface area contributed by atoms with Gasteiger partial charge in [-0.15, -0.1) is 0 Å². The van der Waals surface area contributed by atoms with Crippen molar-refractivity contribution in [3.05, 3.63) is 95.1 Å². The van der Waals surface area contributed by atoms with Crippen molar-refractivity contribution in [1.82, 2.24) is 14.9 Å². The zero-order valence-electron chi connectivity index (χ0n) is 22.8. The van der Waals surface area contributed by atoms with Gasteiger partial charge in [0.15, 0.2) is 0 Å². The van der Waals surface area contributed by atoms with E-state index < -0.39 is 38.6 Å². The Kier molecular flexibility index (Phi) is 9.16. The van der Waals surface area contributed by atoms with Gasteiger partial charge in [0, 0.05) is 38.0 Å². The van der Waals surface area contributed by atoms with Gasteiger partial charge in [-0.1, -0.05) is 48.5 Å². The predicted molar refractivity (Wildman–Crippen MR) is 149 cm³/mol. The predicted octanol–water partition coefficient (Wildman–Crippen LogP) is 4.59. The monoisotopic (exact) mass is 603 g/mol. The van der Waals surface area contributed by atoms with E-state index in [-0.39, 0.29) is 12.5 Å². The first-order chi connectivity index (χ1) is 20.1. The summed E-state index contributed by atoms with van der Waals surface area (Å²) in [4.78, 5) is 15.1. The summed E-state index contributed by atoms with van der Waals surface area (Å²) in [5, 5.41) is 3.00. The van der Waals surface area contributed by atoms with Crippen LogP contribution in [0.3, 0.4) is 0 Å². The SMILES string of the molecule is O=C(CC(NS(=O)(=O)c1cccc(C(F)(F)F)c1)c1ccccc1)N[C@@H]1CCOc2cc(CN3CCOCC3)ccc21. The second kappa shape index (κ2) is 12.8. The lowest BCUT2D eigenvalue weighted by molar-refractivity contribution is -0.137. The van der Waals surface area contributed by atoms with E-state index in [9.17, 15) is 26.4 Å². The summed E-state index contributed by atoms with van der Waals surface area (Å²) < 4.78 is 79.8. The summed E-state index contributed by atoms with van der Waals surface area (Å²) in [6.07, 6.45) is -4.43. The molecule has 1 fully saturated rings. The van der Waals surface area contributed by atoms with Crippen molar-refractivity contribution in [3.63, 3.8) is 0 Å².